The lowest BCUT2D eigenvalue weighted by Gasteiger charge is -2.01. The molecular weight excluding hydrogens is 278 g/mol. The Balaban J connectivity index is 1.86. The Kier molecular flexibility index (Phi) is 4.01. The summed E-state index contributed by atoms with van der Waals surface area (Å²) in [6.07, 6.45) is 1.68. The number of hydrogen-bond donors (Lipinski definition) is 0. The Hall–Kier alpha value is -2.88. The van der Waals surface area contributed by atoms with Crippen molar-refractivity contribution in [2.75, 3.05) is 6.61 Å². The van der Waals surface area contributed by atoms with E-state index in [-0.39, 0.29) is 0 Å². The third kappa shape index (κ3) is 2.91. The van der Waals surface area contributed by atoms with Crippen molar-refractivity contribution in [3.8, 4) is 16.9 Å². The Labute approximate surface area is 128 Å². The van der Waals surface area contributed by atoms with Gasteiger partial charge in [0, 0.05) is 16.9 Å². The minimum absolute atomic E-state index is 0.347. The highest BCUT2D eigenvalue weighted by atomic mass is 16.7. The quantitative estimate of drug-likeness (QED) is 0.548. The van der Waals surface area contributed by atoms with Crippen LogP contribution in [0, 0.1) is 0 Å². The molecule has 0 amide bonds. The number of carbonyl (C=O) groups excluding carboxylic acids is 1. The summed E-state index contributed by atoms with van der Waals surface area (Å²) in [6, 6.07) is 18.8. The van der Waals surface area contributed by atoms with Crippen LogP contribution in [0.4, 0.5) is 0 Å². The number of carbonyl (C=O) groups is 1. The fraction of sp³-hybridized carbons (Fsp3) is 0.111. The van der Waals surface area contributed by atoms with Crippen LogP contribution in [0.2, 0.25) is 0 Å². The molecule has 0 radical (unpaired) electrons. The number of fused-ring (bicyclic) bond motifs is 1. The van der Waals surface area contributed by atoms with Gasteiger partial charge in [-0.2, -0.15) is 0 Å². The fourth-order valence-corrected chi connectivity index (χ4v) is 2.24. The van der Waals surface area contributed by atoms with E-state index in [1.165, 1.54) is 4.73 Å². The van der Waals surface area contributed by atoms with E-state index in [4.69, 9.17) is 9.57 Å². The van der Waals surface area contributed by atoms with E-state index in [0.29, 0.717) is 18.1 Å². The molecule has 1 aromatic rings. The van der Waals surface area contributed by atoms with Crippen molar-refractivity contribution in [1.29, 1.82) is 0 Å². The van der Waals surface area contributed by atoms with Crippen LogP contribution in [0.3, 0.4) is 0 Å². The van der Waals surface area contributed by atoms with Crippen LogP contribution in [0.1, 0.15) is 17.4 Å². The highest BCUT2D eigenvalue weighted by Gasteiger charge is 2.23. The molecule has 2 aliphatic rings. The maximum Gasteiger partial charge on any atom is 0.414 e. The number of esters is 1. The van der Waals surface area contributed by atoms with Crippen LogP contribution in [-0.4, -0.2) is 12.6 Å². The van der Waals surface area contributed by atoms with Gasteiger partial charge in [-0.1, -0.05) is 30.3 Å². The zero-order chi connectivity index (χ0) is 15.4. The molecule has 0 N–H and O–H groups in total. The second-order valence-electron chi connectivity index (χ2n) is 4.73. The van der Waals surface area contributed by atoms with Crippen LogP contribution in [0.15, 0.2) is 66.9 Å². The molecule has 0 aromatic carbocycles. The lowest BCUT2D eigenvalue weighted by Crippen LogP contribution is -2.48. The fourth-order valence-electron chi connectivity index (χ4n) is 2.24. The molecule has 0 saturated heterocycles. The van der Waals surface area contributed by atoms with Gasteiger partial charge in [0.15, 0.2) is 6.61 Å². The smallest absolute Gasteiger partial charge is 0.414 e. The topological polar surface area (TPSA) is 39.4 Å². The largest absolute Gasteiger partial charge is 0.418 e. The Morgan fingerprint density at radius 1 is 1.00 bits per heavy atom. The molecule has 4 nitrogen and oxygen atoms in total. The van der Waals surface area contributed by atoms with Gasteiger partial charge in [-0.05, 0) is 36.2 Å². The van der Waals surface area contributed by atoms with Gasteiger partial charge in [0.25, 0.3) is 0 Å². The molecule has 2 aliphatic carbocycles. The van der Waals surface area contributed by atoms with E-state index in [0.717, 1.165) is 11.1 Å². The molecule has 0 saturated carbocycles. The SMILES string of the molecule is CCO[n+]1ccccc1C(=O)Oc1cc2cccccc-2c1. The van der Waals surface area contributed by atoms with Crippen molar-refractivity contribution in [2.24, 2.45) is 0 Å². The predicted molar refractivity (Wildman–Crippen MR) is 81.8 cm³/mol. The number of ether oxygens (including phenoxy) is 1. The number of pyridine rings is 1. The summed E-state index contributed by atoms with van der Waals surface area (Å²) in [7, 11) is 0. The first-order valence-electron chi connectivity index (χ1n) is 7.13. The van der Waals surface area contributed by atoms with Gasteiger partial charge in [0.2, 0.25) is 6.20 Å². The van der Waals surface area contributed by atoms with E-state index in [1.807, 2.05) is 49.4 Å². The number of aromatic nitrogens is 1. The summed E-state index contributed by atoms with van der Waals surface area (Å²) in [4.78, 5) is 17.7. The molecule has 0 aliphatic heterocycles. The van der Waals surface area contributed by atoms with Gasteiger partial charge in [-0.25, -0.2) is 4.79 Å². The van der Waals surface area contributed by atoms with Crippen molar-refractivity contribution in [1.82, 2.24) is 0 Å². The molecule has 0 spiro atoms. The molecule has 0 fully saturated rings. The Morgan fingerprint density at radius 2 is 1.68 bits per heavy atom. The van der Waals surface area contributed by atoms with Crippen molar-refractivity contribution < 1.29 is 19.1 Å². The molecule has 4 heteroatoms. The predicted octanol–water partition coefficient (Wildman–Crippen LogP) is 2.75. The summed E-state index contributed by atoms with van der Waals surface area (Å²) in [5.41, 5.74) is 2.40. The van der Waals surface area contributed by atoms with E-state index in [1.54, 1.807) is 24.4 Å². The van der Waals surface area contributed by atoms with Gasteiger partial charge in [-0.3, -0.25) is 4.84 Å². The van der Waals surface area contributed by atoms with Crippen LogP contribution < -0.4 is 14.3 Å². The maximum absolute atomic E-state index is 12.3. The average Bonchev–Trinajstić information content (AvgIpc) is 2.76. The third-order valence-corrected chi connectivity index (χ3v) is 3.21. The normalized spacial score (nSPS) is 10.4. The first-order chi connectivity index (χ1) is 10.8. The lowest BCUT2D eigenvalue weighted by molar-refractivity contribution is -0.892. The van der Waals surface area contributed by atoms with Crippen LogP contribution in [-0.2, 0) is 0 Å². The summed E-state index contributed by atoms with van der Waals surface area (Å²) >= 11 is 0. The van der Waals surface area contributed by atoms with Crippen molar-refractivity contribution in [3.05, 3.63) is 72.6 Å². The molecule has 1 heterocycles. The highest BCUT2D eigenvalue weighted by Crippen LogP contribution is 2.29. The van der Waals surface area contributed by atoms with Crippen molar-refractivity contribution in [2.45, 2.75) is 6.92 Å². The Bertz CT molecular complexity index is 739. The van der Waals surface area contributed by atoms with E-state index >= 15 is 0 Å². The summed E-state index contributed by atoms with van der Waals surface area (Å²) in [5, 5.41) is 0. The van der Waals surface area contributed by atoms with Crippen LogP contribution in [0.25, 0.3) is 11.1 Å². The van der Waals surface area contributed by atoms with Crippen molar-refractivity contribution >= 4 is 5.97 Å². The van der Waals surface area contributed by atoms with Gasteiger partial charge in [0.05, 0.1) is 0 Å². The van der Waals surface area contributed by atoms with Gasteiger partial charge < -0.3 is 4.74 Å². The van der Waals surface area contributed by atoms with Crippen molar-refractivity contribution in [3.63, 3.8) is 0 Å². The maximum atomic E-state index is 12.3. The second-order valence-corrected chi connectivity index (χ2v) is 4.73. The molecule has 0 unspecified atom stereocenters. The monoisotopic (exact) mass is 294 g/mol. The summed E-state index contributed by atoms with van der Waals surface area (Å²) < 4.78 is 6.88. The summed E-state index contributed by atoms with van der Waals surface area (Å²) in [6.45, 7) is 2.32. The van der Waals surface area contributed by atoms with Gasteiger partial charge in [0.1, 0.15) is 5.75 Å². The average molecular weight is 294 g/mol. The molecule has 22 heavy (non-hydrogen) atoms. The second kappa shape index (κ2) is 6.26. The van der Waals surface area contributed by atoms with Gasteiger partial charge >= 0.3 is 11.7 Å². The minimum atomic E-state index is -0.450. The van der Waals surface area contributed by atoms with E-state index in [2.05, 4.69) is 0 Å². The molecule has 110 valence electrons. The molecule has 0 atom stereocenters. The van der Waals surface area contributed by atoms with Crippen LogP contribution >= 0.6 is 0 Å². The molecule has 0 bridgehead atoms. The van der Waals surface area contributed by atoms with Crippen LogP contribution in [0.5, 0.6) is 5.75 Å². The zero-order valence-electron chi connectivity index (χ0n) is 12.2. The molecular formula is C18H16NO3+. The highest BCUT2D eigenvalue weighted by molar-refractivity contribution is 5.88. The number of rotatable bonds is 4. The lowest BCUT2D eigenvalue weighted by atomic mass is 10.2. The zero-order valence-corrected chi connectivity index (χ0v) is 12.2. The van der Waals surface area contributed by atoms with E-state index in [9.17, 15) is 4.79 Å². The standard InChI is InChI=1S/C18H16NO3/c1-2-21-19-11-7-6-10-17(19)18(20)22-16-12-14-8-4-3-5-9-15(14)13-16/h3-13H,2H2,1H3/q+1. The molecule has 1 aromatic heterocycles. The number of nitrogens with zero attached hydrogens (tertiary/aromatic N) is 1. The molecule has 3 rings (SSSR count). The Morgan fingerprint density at radius 3 is 2.36 bits per heavy atom. The van der Waals surface area contributed by atoms with Gasteiger partial charge in [-0.15, -0.1) is 0 Å². The first-order valence-corrected chi connectivity index (χ1v) is 7.13. The third-order valence-electron chi connectivity index (χ3n) is 3.21. The summed E-state index contributed by atoms with van der Waals surface area (Å²) in [5.74, 6) is 0.0758. The minimum Gasteiger partial charge on any atom is -0.418 e. The number of hydrogen-bond acceptors (Lipinski definition) is 3. The first kappa shape index (κ1) is 14.1. The van der Waals surface area contributed by atoms with E-state index < -0.39 is 5.97 Å².